The van der Waals surface area contributed by atoms with E-state index in [9.17, 15) is 0 Å². The van der Waals surface area contributed by atoms with Gasteiger partial charge in [0.05, 0.1) is 16.4 Å². The van der Waals surface area contributed by atoms with Crippen molar-refractivity contribution in [3.63, 3.8) is 0 Å². The Morgan fingerprint density at radius 2 is 0.989 bits per heavy atom. The molecule has 6 nitrogen and oxygen atoms in total. The summed E-state index contributed by atoms with van der Waals surface area (Å²) in [6.07, 6.45) is 2.29. The third kappa shape index (κ3) is 8.55. The van der Waals surface area contributed by atoms with Crippen molar-refractivity contribution < 1.29 is 4.74 Å². The molecule has 4 aliphatic heterocycles. The van der Waals surface area contributed by atoms with Crippen molar-refractivity contribution in [2.75, 3.05) is 14.7 Å². The summed E-state index contributed by atoms with van der Waals surface area (Å²) in [6.45, 7) is 36.9. The number of hydrogen-bond acceptors (Lipinski definition) is 8. The van der Waals surface area contributed by atoms with Gasteiger partial charge in [-0.1, -0.05) is 165 Å². The molecule has 0 radical (unpaired) electrons. The number of pyridine rings is 2. The Morgan fingerprint density at radius 3 is 1.59 bits per heavy atom. The highest BCUT2D eigenvalue weighted by Gasteiger charge is 2.51. The highest BCUT2D eigenvalue weighted by Crippen LogP contribution is 2.54. The Balaban J connectivity index is 1.04. The lowest BCUT2D eigenvalue weighted by Crippen LogP contribution is -2.64. The number of anilines is 9. The lowest BCUT2D eigenvalue weighted by Gasteiger charge is -2.45. The Hall–Kier alpha value is -8.17. The van der Waals surface area contributed by atoms with Gasteiger partial charge in [-0.25, -0.2) is 9.97 Å². The molecule has 0 spiro atoms. The Morgan fingerprint density at radius 1 is 0.456 bits per heavy atom. The summed E-state index contributed by atoms with van der Waals surface area (Å²) in [5.74, 6) is 2.52. The highest BCUT2D eigenvalue weighted by molar-refractivity contribution is 7.20. The van der Waals surface area contributed by atoms with Crippen molar-refractivity contribution in [1.29, 1.82) is 0 Å². The van der Waals surface area contributed by atoms with Crippen LogP contribution in [0.5, 0.6) is 11.6 Å². The minimum Gasteiger partial charge on any atom is -0.439 e. The quantitative estimate of drug-likeness (QED) is 0.160. The number of para-hydroxylation sites is 2. The smallest absolute Gasteiger partial charge is 0.258 e. The van der Waals surface area contributed by atoms with Crippen LogP contribution in [0.1, 0.15) is 136 Å². The van der Waals surface area contributed by atoms with E-state index in [0.29, 0.717) is 5.88 Å². The van der Waals surface area contributed by atoms with Gasteiger partial charge in [0.1, 0.15) is 11.6 Å². The third-order valence-electron chi connectivity index (χ3n) is 20.5. The van der Waals surface area contributed by atoms with Crippen molar-refractivity contribution in [3.8, 4) is 34.1 Å². The highest BCUT2D eigenvalue weighted by atomic mass is 32.1. The van der Waals surface area contributed by atoms with Gasteiger partial charge in [-0.2, -0.15) is 0 Å². The van der Waals surface area contributed by atoms with Crippen molar-refractivity contribution in [3.05, 3.63) is 206 Å². The van der Waals surface area contributed by atoms with E-state index in [1.807, 2.05) is 22.7 Å². The van der Waals surface area contributed by atoms with Gasteiger partial charge in [0.2, 0.25) is 5.88 Å². The zero-order valence-corrected chi connectivity index (χ0v) is 56.6. The fourth-order valence-electron chi connectivity index (χ4n) is 16.1. The summed E-state index contributed by atoms with van der Waals surface area (Å²) in [6, 6.07) is 58.5. The number of nitrogens with zero attached hydrogens (tertiary/aromatic N) is 5. The molecule has 16 rings (SSSR count). The van der Waals surface area contributed by atoms with E-state index >= 15 is 0 Å². The molecule has 0 amide bonds. The van der Waals surface area contributed by atoms with Crippen LogP contribution in [0.2, 0.25) is 0 Å². The second kappa shape index (κ2) is 19.7. The van der Waals surface area contributed by atoms with Crippen LogP contribution in [0, 0.1) is 41.5 Å². The zero-order valence-electron chi connectivity index (χ0n) is 55.0. The van der Waals surface area contributed by atoms with E-state index in [0.717, 1.165) is 86.1 Å². The summed E-state index contributed by atoms with van der Waals surface area (Å²) in [7, 11) is 0. The van der Waals surface area contributed by atoms with Crippen LogP contribution in [0.25, 0.3) is 32.6 Å². The molecule has 7 aromatic carbocycles. The number of aryl methyl sites for hydroxylation is 6. The Labute approximate surface area is 540 Å². The molecule has 0 fully saturated rings. The average molecular weight is 1210 g/mol. The largest absolute Gasteiger partial charge is 0.439 e. The second-order valence-electron chi connectivity index (χ2n) is 30.0. The van der Waals surface area contributed by atoms with Crippen molar-refractivity contribution in [2.24, 2.45) is 0 Å². The zero-order chi connectivity index (χ0) is 62.6. The molecule has 90 heavy (non-hydrogen) atoms. The van der Waals surface area contributed by atoms with E-state index in [-0.39, 0.29) is 35.1 Å². The van der Waals surface area contributed by atoms with Crippen LogP contribution < -0.4 is 52.2 Å². The lowest BCUT2D eigenvalue weighted by atomic mass is 9.31. The first kappa shape index (κ1) is 57.0. The molecule has 0 saturated carbocycles. The van der Waals surface area contributed by atoms with E-state index in [4.69, 9.17) is 14.7 Å². The van der Waals surface area contributed by atoms with Gasteiger partial charge >= 0.3 is 0 Å². The van der Waals surface area contributed by atoms with E-state index in [2.05, 4.69) is 277 Å². The van der Waals surface area contributed by atoms with Gasteiger partial charge in [0.15, 0.2) is 0 Å². The first-order valence-electron chi connectivity index (χ1n) is 32.3. The molecule has 8 heterocycles. The summed E-state index contributed by atoms with van der Waals surface area (Å²) >= 11 is 3.84. The number of rotatable bonds is 5. The second-order valence-corrected chi connectivity index (χ2v) is 32.2. The van der Waals surface area contributed by atoms with Gasteiger partial charge < -0.3 is 14.5 Å². The topological polar surface area (TPSA) is 44.7 Å². The summed E-state index contributed by atoms with van der Waals surface area (Å²) < 4.78 is 8.76. The van der Waals surface area contributed by atoms with Crippen LogP contribution in [0.3, 0.4) is 0 Å². The first-order valence-corrected chi connectivity index (χ1v) is 33.9. The molecule has 11 aromatic rings. The Kier molecular flexibility index (Phi) is 12.5. The van der Waals surface area contributed by atoms with Crippen LogP contribution in [0.15, 0.2) is 152 Å². The maximum Gasteiger partial charge on any atom is 0.258 e. The molecular weight excluding hydrogens is 1130 g/mol. The molecule has 1 aliphatic carbocycles. The number of fused-ring (bicyclic) bond motifs is 11. The standard InChI is InChI=1S/C80H77B2N5OS2/c1-44-33-46(3)69(47(4)34-44)60-41-64-71-74(83-60)86(51-25-21-18-22-26-51)63-43-62-57(39-58(63)82(71)59-40-68(78(10,11)12)90-76(59)87(64)52-27-28-54-55(37-52)80(15,16)32-31-79(54,13)14)81-56-29-30-66-53(38-67(89-66)77(7,8)9)73(56)88-75-72(81)65(85(62)50-23-19-17-20-24-50)42-61(84-75)70-48(5)35-45(2)36-49(70)6/h17-30,33-43H,31-32H2,1-16H3. The van der Waals surface area contributed by atoms with E-state index < -0.39 is 0 Å². The molecule has 0 saturated heterocycles. The molecule has 446 valence electrons. The fourth-order valence-corrected chi connectivity index (χ4v) is 18.5. The molecule has 0 atom stereocenters. The molecule has 0 unspecified atom stereocenters. The van der Waals surface area contributed by atoms with Gasteiger partial charge in [-0.05, 0) is 203 Å². The maximum atomic E-state index is 7.54. The van der Waals surface area contributed by atoms with Crippen LogP contribution >= 0.6 is 22.7 Å². The third-order valence-corrected chi connectivity index (χ3v) is 23.6. The van der Waals surface area contributed by atoms with Crippen LogP contribution in [-0.2, 0) is 21.7 Å². The average Bonchev–Trinajstić information content (AvgIpc) is 1.01. The minimum absolute atomic E-state index is 0.00372. The lowest BCUT2D eigenvalue weighted by molar-refractivity contribution is 0.332. The fraction of sp³-hybridized carbons (Fsp3) is 0.275. The summed E-state index contributed by atoms with van der Waals surface area (Å²) in [4.78, 5) is 22.3. The monoisotopic (exact) mass is 1210 g/mol. The molecular formula is C80H77B2N5OS2. The predicted octanol–water partition coefficient (Wildman–Crippen LogP) is 18.4. The maximum absolute atomic E-state index is 7.54. The molecule has 0 bridgehead atoms. The van der Waals surface area contributed by atoms with Crippen molar-refractivity contribution in [2.45, 2.75) is 145 Å². The molecule has 10 heteroatoms. The van der Waals surface area contributed by atoms with Crippen LogP contribution in [-0.4, -0.2) is 23.4 Å². The van der Waals surface area contributed by atoms with E-state index in [1.54, 1.807) is 0 Å². The molecule has 0 N–H and O–H groups in total. The van der Waals surface area contributed by atoms with Gasteiger partial charge in [0.25, 0.3) is 13.4 Å². The number of benzene rings is 7. The minimum atomic E-state index is -0.225. The number of hydrogen-bond donors (Lipinski definition) is 0. The SMILES string of the molecule is Cc1cc(C)c(-c2cc3c4c(n2)Oc2c(ccc5sc(C(C)(C)C)cc25)B4c2cc4c(cc2N3c2ccccc2)N(c2ccccc2)c2nc(-c3c(C)cc(C)cc3C)cc3c2B4c2cc(C(C)(C)C)sc2N3c2ccc3c(c2)C(C)(C)CCC3(C)C)c(C)c1. The Bertz CT molecular complexity index is 4840. The molecule has 5 aliphatic rings. The van der Waals surface area contributed by atoms with Crippen molar-refractivity contribution >= 4 is 130 Å². The summed E-state index contributed by atoms with van der Waals surface area (Å²) in [5, 5.41) is 2.41. The normalized spacial score (nSPS) is 15.6. The van der Waals surface area contributed by atoms with Gasteiger partial charge in [-0.3, -0.25) is 4.90 Å². The summed E-state index contributed by atoms with van der Waals surface area (Å²) in [5.41, 5.74) is 29.4. The predicted molar refractivity (Wildman–Crippen MR) is 387 cm³/mol. The van der Waals surface area contributed by atoms with Crippen molar-refractivity contribution in [1.82, 2.24) is 9.97 Å². The number of thiophene rings is 2. The first-order chi connectivity index (χ1) is 42.8. The van der Waals surface area contributed by atoms with E-state index in [1.165, 1.54) is 103 Å². The molecule has 4 aromatic heterocycles. The van der Waals surface area contributed by atoms with Gasteiger partial charge in [-0.15, -0.1) is 22.7 Å². The number of ether oxygens (including phenoxy) is 1. The van der Waals surface area contributed by atoms with Gasteiger partial charge in [0, 0.05) is 76.2 Å². The van der Waals surface area contributed by atoms with Crippen LogP contribution in [0.4, 0.5) is 50.6 Å². The number of aromatic nitrogens is 2.